The molecule has 0 amide bonds. The Bertz CT molecular complexity index is 791. The first-order valence-electron chi connectivity index (χ1n) is 6.49. The summed E-state index contributed by atoms with van der Waals surface area (Å²) in [6.45, 7) is 0. The van der Waals surface area contributed by atoms with E-state index >= 15 is 0 Å². The summed E-state index contributed by atoms with van der Waals surface area (Å²) in [5.41, 5.74) is 0.969. The molecule has 0 aliphatic carbocycles. The maximum absolute atomic E-state index is 6.12. The minimum atomic E-state index is 0.411. The molecular weight excluding hydrogens is 286 g/mol. The molecule has 21 heavy (non-hydrogen) atoms. The minimum Gasteiger partial charge on any atom is -0.497 e. The number of halogens is 1. The van der Waals surface area contributed by atoms with Crippen LogP contribution >= 0.6 is 11.6 Å². The lowest BCUT2D eigenvalue weighted by Gasteiger charge is -2.20. The molecule has 0 N–H and O–H groups in total. The number of ether oxygens (including phenoxy) is 1. The van der Waals surface area contributed by atoms with Crippen LogP contribution in [0.5, 0.6) is 5.75 Å². The summed E-state index contributed by atoms with van der Waals surface area (Å²) in [5.74, 6) is 1.55. The van der Waals surface area contributed by atoms with Crippen LogP contribution in [0.2, 0.25) is 5.15 Å². The Labute approximate surface area is 127 Å². The van der Waals surface area contributed by atoms with E-state index in [4.69, 9.17) is 16.3 Å². The molecule has 0 unspecified atom stereocenters. The van der Waals surface area contributed by atoms with E-state index in [9.17, 15) is 0 Å². The molecule has 0 saturated heterocycles. The molecule has 0 aliphatic rings. The highest BCUT2D eigenvalue weighted by atomic mass is 35.5. The van der Waals surface area contributed by atoms with Crippen molar-refractivity contribution in [1.29, 1.82) is 0 Å². The number of rotatable bonds is 3. The fraction of sp³-hybridized carbons (Fsp3) is 0.125. The molecule has 0 fully saturated rings. The van der Waals surface area contributed by atoms with Crippen LogP contribution in [0.25, 0.3) is 10.8 Å². The number of nitrogens with zero attached hydrogens (tertiary/aromatic N) is 3. The van der Waals surface area contributed by atoms with Crippen LogP contribution in [0.4, 0.5) is 11.5 Å². The number of methoxy groups -OCH3 is 1. The smallest absolute Gasteiger partial charge is 0.163 e. The maximum Gasteiger partial charge on any atom is 0.163 e. The van der Waals surface area contributed by atoms with E-state index in [1.807, 2.05) is 60.5 Å². The number of hydrogen-bond donors (Lipinski definition) is 0. The lowest BCUT2D eigenvalue weighted by Crippen LogP contribution is -2.12. The number of benzene rings is 2. The first-order valence-corrected chi connectivity index (χ1v) is 6.87. The van der Waals surface area contributed by atoms with Gasteiger partial charge in [-0.05, 0) is 12.1 Å². The lowest BCUT2D eigenvalue weighted by molar-refractivity contribution is 0.415. The number of aromatic nitrogens is 2. The molecule has 0 saturated carbocycles. The van der Waals surface area contributed by atoms with Gasteiger partial charge in [-0.1, -0.05) is 41.9 Å². The third kappa shape index (κ3) is 2.50. The third-order valence-electron chi connectivity index (χ3n) is 3.38. The normalized spacial score (nSPS) is 10.6. The zero-order valence-corrected chi connectivity index (χ0v) is 12.5. The molecule has 0 spiro atoms. The van der Waals surface area contributed by atoms with Gasteiger partial charge in [-0.2, -0.15) is 0 Å². The van der Waals surface area contributed by atoms with E-state index in [-0.39, 0.29) is 0 Å². The van der Waals surface area contributed by atoms with Crippen LogP contribution < -0.4 is 9.64 Å². The summed E-state index contributed by atoms with van der Waals surface area (Å²) < 4.78 is 5.26. The molecular formula is C16H14ClN3O. The second-order valence-corrected chi connectivity index (χ2v) is 4.98. The monoisotopic (exact) mass is 299 g/mol. The van der Waals surface area contributed by atoms with Gasteiger partial charge in [0.15, 0.2) is 11.0 Å². The molecule has 3 aromatic rings. The van der Waals surface area contributed by atoms with Crippen molar-refractivity contribution in [1.82, 2.24) is 10.2 Å². The molecule has 3 rings (SSSR count). The van der Waals surface area contributed by atoms with Crippen molar-refractivity contribution in [3.8, 4) is 5.75 Å². The van der Waals surface area contributed by atoms with Gasteiger partial charge < -0.3 is 9.64 Å². The van der Waals surface area contributed by atoms with Crippen molar-refractivity contribution in [3.05, 3.63) is 53.7 Å². The van der Waals surface area contributed by atoms with Gasteiger partial charge in [-0.25, -0.2) is 0 Å². The maximum atomic E-state index is 6.12. The molecule has 0 radical (unpaired) electrons. The predicted molar refractivity (Wildman–Crippen MR) is 85.6 cm³/mol. The van der Waals surface area contributed by atoms with Gasteiger partial charge >= 0.3 is 0 Å². The highest BCUT2D eigenvalue weighted by Crippen LogP contribution is 2.32. The van der Waals surface area contributed by atoms with E-state index in [2.05, 4.69) is 10.2 Å². The SMILES string of the molecule is COc1cccc(N(C)c2nnc(Cl)c3ccccc23)c1. The van der Waals surface area contributed by atoms with E-state index < -0.39 is 0 Å². The highest BCUT2D eigenvalue weighted by molar-refractivity contribution is 6.34. The molecule has 2 aromatic carbocycles. The Morgan fingerprint density at radius 3 is 2.52 bits per heavy atom. The summed E-state index contributed by atoms with van der Waals surface area (Å²) in [4.78, 5) is 1.97. The quantitative estimate of drug-likeness (QED) is 0.731. The fourth-order valence-corrected chi connectivity index (χ4v) is 2.45. The van der Waals surface area contributed by atoms with E-state index in [0.29, 0.717) is 5.15 Å². The molecule has 1 heterocycles. The first-order chi connectivity index (χ1) is 10.2. The third-order valence-corrected chi connectivity index (χ3v) is 3.66. The van der Waals surface area contributed by atoms with Crippen molar-refractivity contribution in [2.45, 2.75) is 0 Å². The second kappa shape index (κ2) is 5.58. The molecule has 4 nitrogen and oxygen atoms in total. The Hall–Kier alpha value is -2.33. The molecule has 0 aliphatic heterocycles. The van der Waals surface area contributed by atoms with Crippen molar-refractivity contribution >= 4 is 33.9 Å². The van der Waals surface area contributed by atoms with Crippen LogP contribution in [0.15, 0.2) is 48.5 Å². The number of anilines is 2. The van der Waals surface area contributed by atoms with Gasteiger partial charge in [0, 0.05) is 29.6 Å². The van der Waals surface area contributed by atoms with Gasteiger partial charge in [-0.15, -0.1) is 10.2 Å². The first kappa shape index (κ1) is 13.6. The Balaban J connectivity index is 2.13. The minimum absolute atomic E-state index is 0.411. The lowest BCUT2D eigenvalue weighted by atomic mass is 10.2. The predicted octanol–water partition coefficient (Wildman–Crippen LogP) is 4.06. The summed E-state index contributed by atoms with van der Waals surface area (Å²) >= 11 is 6.12. The van der Waals surface area contributed by atoms with E-state index in [1.165, 1.54) is 0 Å². The fourth-order valence-electron chi connectivity index (χ4n) is 2.25. The topological polar surface area (TPSA) is 38.2 Å². The van der Waals surface area contributed by atoms with Crippen LogP contribution in [-0.4, -0.2) is 24.4 Å². The van der Waals surface area contributed by atoms with Gasteiger partial charge in [0.2, 0.25) is 0 Å². The zero-order chi connectivity index (χ0) is 14.8. The summed E-state index contributed by atoms with van der Waals surface area (Å²) in [6.07, 6.45) is 0. The molecule has 1 aromatic heterocycles. The number of fused-ring (bicyclic) bond motifs is 1. The summed E-state index contributed by atoms with van der Waals surface area (Å²) in [5, 5.41) is 10.5. The van der Waals surface area contributed by atoms with Crippen LogP contribution in [0.1, 0.15) is 0 Å². The summed E-state index contributed by atoms with van der Waals surface area (Å²) in [7, 11) is 3.59. The highest BCUT2D eigenvalue weighted by Gasteiger charge is 2.13. The van der Waals surface area contributed by atoms with Crippen molar-refractivity contribution in [2.24, 2.45) is 0 Å². The van der Waals surface area contributed by atoms with Gasteiger partial charge in [0.05, 0.1) is 7.11 Å². The van der Waals surface area contributed by atoms with Crippen LogP contribution in [0.3, 0.4) is 0 Å². The average Bonchev–Trinajstić information content (AvgIpc) is 2.55. The van der Waals surface area contributed by atoms with Gasteiger partial charge in [0.25, 0.3) is 0 Å². The van der Waals surface area contributed by atoms with Crippen molar-refractivity contribution in [3.63, 3.8) is 0 Å². The standard InChI is InChI=1S/C16H14ClN3O/c1-20(11-6-5-7-12(10-11)21-2)16-14-9-4-3-8-13(14)15(17)18-19-16/h3-10H,1-2H3. The largest absolute Gasteiger partial charge is 0.497 e. The molecule has 0 atom stereocenters. The molecule has 5 heteroatoms. The van der Waals surface area contributed by atoms with Crippen molar-refractivity contribution < 1.29 is 4.74 Å². The van der Waals surface area contributed by atoms with E-state index in [1.54, 1.807) is 7.11 Å². The second-order valence-electron chi connectivity index (χ2n) is 4.62. The average molecular weight is 300 g/mol. The van der Waals surface area contributed by atoms with Crippen LogP contribution in [0, 0.1) is 0 Å². The zero-order valence-electron chi connectivity index (χ0n) is 11.7. The molecule has 106 valence electrons. The Kier molecular flexibility index (Phi) is 3.62. The Morgan fingerprint density at radius 2 is 1.76 bits per heavy atom. The Morgan fingerprint density at radius 1 is 1.00 bits per heavy atom. The van der Waals surface area contributed by atoms with Gasteiger partial charge in [-0.3, -0.25) is 0 Å². The molecule has 0 bridgehead atoms. The number of hydrogen-bond acceptors (Lipinski definition) is 4. The van der Waals surface area contributed by atoms with Gasteiger partial charge in [0.1, 0.15) is 5.75 Å². The van der Waals surface area contributed by atoms with E-state index in [0.717, 1.165) is 28.0 Å². The van der Waals surface area contributed by atoms with Crippen LogP contribution in [-0.2, 0) is 0 Å². The summed E-state index contributed by atoms with van der Waals surface area (Å²) in [6, 6.07) is 15.6. The van der Waals surface area contributed by atoms with Crippen molar-refractivity contribution in [2.75, 3.05) is 19.1 Å².